The van der Waals surface area contributed by atoms with Gasteiger partial charge >= 0.3 is 5.69 Å². The van der Waals surface area contributed by atoms with Gasteiger partial charge in [-0.2, -0.15) is 0 Å². The zero-order chi connectivity index (χ0) is 15.0. The van der Waals surface area contributed by atoms with E-state index in [-0.39, 0.29) is 24.6 Å². The highest BCUT2D eigenvalue weighted by molar-refractivity contribution is 5.46. The summed E-state index contributed by atoms with van der Waals surface area (Å²) in [7, 11) is 1.56. The lowest BCUT2D eigenvalue weighted by Crippen LogP contribution is -2.33. The van der Waals surface area contributed by atoms with Gasteiger partial charge < -0.3 is 19.9 Å². The first-order valence-electron chi connectivity index (χ1n) is 5.99. The quantitative estimate of drug-likeness (QED) is 0.395. The van der Waals surface area contributed by atoms with Crippen molar-refractivity contribution in [3.05, 3.63) is 34.1 Å². The van der Waals surface area contributed by atoms with Gasteiger partial charge in [0.2, 0.25) is 0 Å². The number of nitrogens with zero attached hydrogens (tertiary/aromatic N) is 1. The lowest BCUT2D eigenvalue weighted by Gasteiger charge is -2.13. The summed E-state index contributed by atoms with van der Waals surface area (Å²) in [6.45, 7) is 1.13. The van der Waals surface area contributed by atoms with Crippen LogP contribution in [-0.4, -0.2) is 49.5 Å². The number of ether oxygens (including phenoxy) is 2. The van der Waals surface area contributed by atoms with Crippen LogP contribution in [0.15, 0.2) is 18.2 Å². The van der Waals surface area contributed by atoms with Gasteiger partial charge in [-0.05, 0) is 6.07 Å². The molecule has 0 saturated carbocycles. The standard InChI is InChI=1S/C12H17FN2O5/c1-19-5-4-14-7-10(16)8-20-12-6-9(13)2-3-11(12)15(17)18/h2-3,6,10,14,16H,4-5,7-8H2,1H3. The normalized spacial score (nSPS) is 12.2. The number of rotatable bonds is 9. The van der Waals surface area contributed by atoms with Crippen LogP contribution in [-0.2, 0) is 4.74 Å². The fourth-order valence-corrected chi connectivity index (χ4v) is 1.44. The van der Waals surface area contributed by atoms with Gasteiger partial charge in [-0.25, -0.2) is 4.39 Å². The predicted molar refractivity (Wildman–Crippen MR) is 69.3 cm³/mol. The summed E-state index contributed by atoms with van der Waals surface area (Å²) >= 11 is 0. The van der Waals surface area contributed by atoms with Gasteiger partial charge in [0.15, 0.2) is 5.75 Å². The maximum Gasteiger partial charge on any atom is 0.311 e. The molecule has 0 bridgehead atoms. The van der Waals surface area contributed by atoms with Crippen molar-refractivity contribution in [1.82, 2.24) is 5.32 Å². The van der Waals surface area contributed by atoms with Crippen molar-refractivity contribution in [2.45, 2.75) is 6.10 Å². The van der Waals surface area contributed by atoms with Gasteiger partial charge in [0.05, 0.1) is 11.5 Å². The van der Waals surface area contributed by atoms with Crippen LogP contribution in [0.1, 0.15) is 0 Å². The Kier molecular flexibility index (Phi) is 6.85. The van der Waals surface area contributed by atoms with Crippen molar-refractivity contribution < 1.29 is 23.9 Å². The van der Waals surface area contributed by atoms with E-state index in [0.717, 1.165) is 18.2 Å². The molecule has 1 aromatic carbocycles. The topological polar surface area (TPSA) is 93.9 Å². The van der Waals surface area contributed by atoms with E-state index in [4.69, 9.17) is 9.47 Å². The average Bonchev–Trinajstić information content (AvgIpc) is 2.41. The first kappa shape index (κ1) is 16.3. The molecule has 0 aliphatic heterocycles. The van der Waals surface area contributed by atoms with Crippen molar-refractivity contribution >= 4 is 5.69 Å². The third kappa shape index (κ3) is 5.47. The fraction of sp³-hybridized carbons (Fsp3) is 0.500. The molecule has 0 heterocycles. The Labute approximate surface area is 115 Å². The van der Waals surface area contributed by atoms with Crippen molar-refractivity contribution in [1.29, 1.82) is 0 Å². The van der Waals surface area contributed by atoms with Gasteiger partial charge in [0.1, 0.15) is 18.5 Å². The molecule has 20 heavy (non-hydrogen) atoms. The fourth-order valence-electron chi connectivity index (χ4n) is 1.44. The first-order chi connectivity index (χ1) is 9.54. The number of nitro groups is 1. The molecule has 0 fully saturated rings. The second-order valence-electron chi connectivity index (χ2n) is 4.03. The number of benzene rings is 1. The molecule has 1 aromatic rings. The Morgan fingerprint density at radius 2 is 2.30 bits per heavy atom. The van der Waals surface area contributed by atoms with E-state index in [1.807, 2.05) is 0 Å². The summed E-state index contributed by atoms with van der Waals surface area (Å²) in [5.74, 6) is -0.843. The molecular formula is C12H17FN2O5. The van der Waals surface area contributed by atoms with E-state index in [0.29, 0.717) is 13.2 Å². The van der Waals surface area contributed by atoms with Crippen LogP contribution in [0.25, 0.3) is 0 Å². The summed E-state index contributed by atoms with van der Waals surface area (Å²) < 4.78 is 22.9. The SMILES string of the molecule is COCCNCC(O)COc1cc(F)ccc1[N+](=O)[O-]. The first-order valence-corrected chi connectivity index (χ1v) is 5.99. The summed E-state index contributed by atoms with van der Waals surface area (Å²) in [6, 6.07) is 2.92. The van der Waals surface area contributed by atoms with Crippen molar-refractivity contribution in [3.63, 3.8) is 0 Å². The molecule has 0 radical (unpaired) electrons. The minimum atomic E-state index is -0.866. The Bertz CT molecular complexity index is 444. The van der Waals surface area contributed by atoms with Crippen molar-refractivity contribution in [3.8, 4) is 5.75 Å². The highest BCUT2D eigenvalue weighted by Crippen LogP contribution is 2.27. The molecule has 1 unspecified atom stereocenters. The summed E-state index contributed by atoms with van der Waals surface area (Å²) in [6.07, 6.45) is -0.866. The van der Waals surface area contributed by atoms with E-state index >= 15 is 0 Å². The van der Waals surface area contributed by atoms with E-state index < -0.39 is 16.8 Å². The highest BCUT2D eigenvalue weighted by Gasteiger charge is 2.17. The predicted octanol–water partition coefficient (Wildman–Crippen LogP) is 0.710. The van der Waals surface area contributed by atoms with Crippen LogP contribution in [0.5, 0.6) is 5.75 Å². The molecule has 0 amide bonds. The average molecular weight is 288 g/mol. The number of hydrogen-bond acceptors (Lipinski definition) is 6. The molecule has 112 valence electrons. The minimum Gasteiger partial charge on any atom is -0.484 e. The zero-order valence-electron chi connectivity index (χ0n) is 11.0. The Balaban J connectivity index is 2.48. The monoisotopic (exact) mass is 288 g/mol. The van der Waals surface area contributed by atoms with Gasteiger partial charge in [-0.1, -0.05) is 0 Å². The number of nitrogens with one attached hydrogen (secondary N) is 1. The maximum atomic E-state index is 13.0. The van der Waals surface area contributed by atoms with E-state index in [1.165, 1.54) is 0 Å². The molecule has 1 atom stereocenters. The molecule has 8 heteroatoms. The van der Waals surface area contributed by atoms with Gasteiger partial charge in [0.25, 0.3) is 0 Å². The smallest absolute Gasteiger partial charge is 0.311 e. The Morgan fingerprint density at radius 1 is 1.55 bits per heavy atom. The van der Waals surface area contributed by atoms with Crippen molar-refractivity contribution in [2.24, 2.45) is 0 Å². The summed E-state index contributed by atoms with van der Waals surface area (Å²) in [5.41, 5.74) is -0.342. The number of aliphatic hydroxyl groups is 1. The summed E-state index contributed by atoms with van der Waals surface area (Å²) in [5, 5.41) is 23.3. The molecule has 2 N–H and O–H groups in total. The molecule has 0 aliphatic carbocycles. The lowest BCUT2D eigenvalue weighted by molar-refractivity contribution is -0.386. The number of methoxy groups -OCH3 is 1. The number of hydrogen-bond donors (Lipinski definition) is 2. The van der Waals surface area contributed by atoms with E-state index in [9.17, 15) is 19.6 Å². The molecule has 0 saturated heterocycles. The van der Waals surface area contributed by atoms with Crippen LogP contribution in [0.4, 0.5) is 10.1 Å². The number of halogens is 1. The Hall–Kier alpha value is -1.77. The van der Waals surface area contributed by atoms with Crippen LogP contribution in [0.3, 0.4) is 0 Å². The molecule has 0 aromatic heterocycles. The molecule has 1 rings (SSSR count). The minimum absolute atomic E-state index is 0.176. The Morgan fingerprint density at radius 3 is 2.95 bits per heavy atom. The van der Waals surface area contributed by atoms with Gasteiger partial charge in [-0.15, -0.1) is 0 Å². The van der Waals surface area contributed by atoms with Gasteiger partial charge in [-0.3, -0.25) is 10.1 Å². The second kappa shape index (κ2) is 8.41. The van der Waals surface area contributed by atoms with Crippen molar-refractivity contribution in [2.75, 3.05) is 33.4 Å². The molecule has 7 nitrogen and oxygen atoms in total. The summed E-state index contributed by atoms with van der Waals surface area (Å²) in [4.78, 5) is 10.1. The lowest BCUT2D eigenvalue weighted by atomic mass is 10.3. The maximum absolute atomic E-state index is 13.0. The largest absolute Gasteiger partial charge is 0.484 e. The number of nitro benzene ring substituents is 1. The van der Waals surface area contributed by atoms with Crippen LogP contribution in [0.2, 0.25) is 0 Å². The third-order valence-electron chi connectivity index (χ3n) is 2.41. The second-order valence-corrected chi connectivity index (χ2v) is 4.03. The number of aliphatic hydroxyl groups excluding tert-OH is 1. The highest BCUT2D eigenvalue weighted by atomic mass is 19.1. The van der Waals surface area contributed by atoms with Crippen LogP contribution >= 0.6 is 0 Å². The van der Waals surface area contributed by atoms with Crippen LogP contribution < -0.4 is 10.1 Å². The molecular weight excluding hydrogens is 271 g/mol. The third-order valence-corrected chi connectivity index (χ3v) is 2.41. The molecule has 0 aliphatic rings. The zero-order valence-corrected chi connectivity index (χ0v) is 11.0. The van der Waals surface area contributed by atoms with E-state index in [1.54, 1.807) is 7.11 Å². The molecule has 0 spiro atoms. The van der Waals surface area contributed by atoms with Gasteiger partial charge in [0, 0.05) is 32.3 Å². The van der Waals surface area contributed by atoms with E-state index in [2.05, 4.69) is 5.32 Å². The van der Waals surface area contributed by atoms with Crippen LogP contribution in [0, 0.1) is 15.9 Å².